The number of hydrogen-bond donors (Lipinski definition) is 2. The second-order valence-electron chi connectivity index (χ2n) is 4.82. The zero-order chi connectivity index (χ0) is 15.0. The third-order valence-corrected chi connectivity index (χ3v) is 4.25. The van der Waals surface area contributed by atoms with Crippen LogP contribution in [0.2, 0.25) is 0 Å². The minimum absolute atomic E-state index is 0.0429. The summed E-state index contributed by atoms with van der Waals surface area (Å²) in [5, 5.41) is 11.7. The molecular formula is C15H13BrFN3O. The fourth-order valence-electron chi connectivity index (χ4n) is 2.55. The molecule has 0 amide bonds. The third kappa shape index (κ3) is 2.47. The first kappa shape index (κ1) is 13.9. The molecule has 0 aliphatic carbocycles. The van der Waals surface area contributed by atoms with E-state index in [0.717, 1.165) is 34.4 Å². The number of oxime groups is 1. The van der Waals surface area contributed by atoms with Gasteiger partial charge in [0.15, 0.2) is 5.84 Å². The number of benzene rings is 2. The van der Waals surface area contributed by atoms with Gasteiger partial charge in [0.2, 0.25) is 0 Å². The van der Waals surface area contributed by atoms with Crippen LogP contribution < -0.4 is 10.6 Å². The summed E-state index contributed by atoms with van der Waals surface area (Å²) in [6, 6.07) is 10.4. The lowest BCUT2D eigenvalue weighted by atomic mass is 10.1. The molecule has 0 bridgehead atoms. The molecular weight excluding hydrogens is 337 g/mol. The largest absolute Gasteiger partial charge is 0.409 e. The average Bonchev–Trinajstić information content (AvgIpc) is 2.89. The van der Waals surface area contributed by atoms with Crippen molar-refractivity contribution >= 4 is 33.1 Å². The van der Waals surface area contributed by atoms with E-state index in [1.807, 2.05) is 18.2 Å². The van der Waals surface area contributed by atoms with E-state index in [4.69, 9.17) is 10.9 Å². The lowest BCUT2D eigenvalue weighted by molar-refractivity contribution is 0.318. The maximum atomic E-state index is 13.5. The summed E-state index contributed by atoms with van der Waals surface area (Å²) < 4.78 is 14.2. The van der Waals surface area contributed by atoms with Crippen LogP contribution in [0.15, 0.2) is 46.0 Å². The van der Waals surface area contributed by atoms with Gasteiger partial charge in [0.25, 0.3) is 0 Å². The minimum atomic E-state index is -0.243. The van der Waals surface area contributed by atoms with E-state index >= 15 is 0 Å². The van der Waals surface area contributed by atoms with Gasteiger partial charge < -0.3 is 15.8 Å². The molecule has 4 nitrogen and oxygen atoms in total. The Hall–Kier alpha value is -2.08. The zero-order valence-corrected chi connectivity index (χ0v) is 12.6. The van der Waals surface area contributed by atoms with Gasteiger partial charge >= 0.3 is 0 Å². The molecule has 3 rings (SSSR count). The number of hydrogen-bond acceptors (Lipinski definition) is 3. The highest BCUT2D eigenvalue weighted by Gasteiger charge is 2.21. The van der Waals surface area contributed by atoms with Crippen molar-refractivity contribution in [3.8, 4) is 0 Å². The molecule has 2 aromatic rings. The number of rotatable bonds is 2. The Labute approximate surface area is 129 Å². The zero-order valence-electron chi connectivity index (χ0n) is 11.1. The van der Waals surface area contributed by atoms with E-state index in [0.29, 0.717) is 5.56 Å². The van der Waals surface area contributed by atoms with Gasteiger partial charge in [-0.3, -0.25) is 0 Å². The van der Waals surface area contributed by atoms with Crippen molar-refractivity contribution in [2.75, 3.05) is 11.4 Å². The van der Waals surface area contributed by atoms with Gasteiger partial charge in [-0.2, -0.15) is 0 Å². The molecule has 1 heterocycles. The van der Waals surface area contributed by atoms with Gasteiger partial charge in [-0.1, -0.05) is 11.2 Å². The van der Waals surface area contributed by atoms with Crippen molar-refractivity contribution in [3.63, 3.8) is 0 Å². The van der Waals surface area contributed by atoms with Gasteiger partial charge in [-0.05, 0) is 58.2 Å². The molecule has 0 saturated carbocycles. The Morgan fingerprint density at radius 2 is 2.10 bits per heavy atom. The van der Waals surface area contributed by atoms with E-state index in [1.165, 1.54) is 6.07 Å². The molecule has 6 heteroatoms. The molecule has 2 aromatic carbocycles. The molecule has 0 aromatic heterocycles. The van der Waals surface area contributed by atoms with Crippen LogP contribution in [0.1, 0.15) is 11.1 Å². The van der Waals surface area contributed by atoms with E-state index in [9.17, 15) is 4.39 Å². The summed E-state index contributed by atoms with van der Waals surface area (Å²) in [5.74, 6) is -0.200. The highest BCUT2D eigenvalue weighted by molar-refractivity contribution is 9.10. The van der Waals surface area contributed by atoms with Crippen molar-refractivity contribution < 1.29 is 9.60 Å². The fraction of sp³-hybridized carbons (Fsp3) is 0.133. The monoisotopic (exact) mass is 349 g/mol. The topological polar surface area (TPSA) is 61.9 Å². The first-order valence-electron chi connectivity index (χ1n) is 6.43. The fourth-order valence-corrected chi connectivity index (χ4v) is 3.12. The summed E-state index contributed by atoms with van der Waals surface area (Å²) in [4.78, 5) is 2.05. The SMILES string of the molecule is N/C(=N/O)c1ccc(N2CCc3ccc(F)cc32)cc1Br. The van der Waals surface area contributed by atoms with E-state index in [-0.39, 0.29) is 11.7 Å². The van der Waals surface area contributed by atoms with Gasteiger partial charge in [-0.15, -0.1) is 0 Å². The Morgan fingerprint density at radius 3 is 2.81 bits per heavy atom. The van der Waals surface area contributed by atoms with Crippen LogP contribution in [0.3, 0.4) is 0 Å². The lowest BCUT2D eigenvalue weighted by Crippen LogP contribution is -2.16. The molecule has 1 aliphatic heterocycles. The highest BCUT2D eigenvalue weighted by atomic mass is 79.9. The van der Waals surface area contributed by atoms with Crippen LogP contribution in [-0.4, -0.2) is 17.6 Å². The predicted molar refractivity (Wildman–Crippen MR) is 83.8 cm³/mol. The smallest absolute Gasteiger partial charge is 0.171 e. The lowest BCUT2D eigenvalue weighted by Gasteiger charge is -2.20. The molecule has 0 saturated heterocycles. The minimum Gasteiger partial charge on any atom is -0.409 e. The summed E-state index contributed by atoms with van der Waals surface area (Å²) in [5.41, 5.74) is 9.16. The maximum Gasteiger partial charge on any atom is 0.171 e. The summed E-state index contributed by atoms with van der Waals surface area (Å²) in [6.45, 7) is 0.800. The number of amidine groups is 1. The number of nitrogens with two attached hydrogens (primary N) is 1. The van der Waals surface area contributed by atoms with Crippen LogP contribution in [0.4, 0.5) is 15.8 Å². The van der Waals surface area contributed by atoms with Crippen molar-refractivity contribution in [1.29, 1.82) is 0 Å². The standard InChI is InChI=1S/C15H13BrFN3O/c16-13-8-11(3-4-12(13)15(18)19-21)20-6-5-9-1-2-10(17)7-14(9)20/h1-4,7-8,21H,5-6H2,(H2,18,19). The summed E-state index contributed by atoms with van der Waals surface area (Å²) >= 11 is 3.42. The van der Waals surface area contributed by atoms with Crippen molar-refractivity contribution in [2.24, 2.45) is 10.9 Å². The predicted octanol–water partition coefficient (Wildman–Crippen LogP) is 3.38. The second kappa shape index (κ2) is 5.37. The van der Waals surface area contributed by atoms with E-state index < -0.39 is 0 Å². The molecule has 0 radical (unpaired) electrons. The molecule has 0 unspecified atom stereocenters. The van der Waals surface area contributed by atoms with Gasteiger partial charge in [0.1, 0.15) is 5.82 Å². The Morgan fingerprint density at radius 1 is 1.29 bits per heavy atom. The number of nitrogens with zero attached hydrogens (tertiary/aromatic N) is 2. The number of anilines is 2. The van der Waals surface area contributed by atoms with E-state index in [2.05, 4.69) is 26.0 Å². The maximum absolute atomic E-state index is 13.5. The molecule has 108 valence electrons. The molecule has 0 spiro atoms. The van der Waals surface area contributed by atoms with Crippen molar-refractivity contribution in [2.45, 2.75) is 6.42 Å². The van der Waals surface area contributed by atoms with Gasteiger partial charge in [0.05, 0.1) is 0 Å². The molecule has 21 heavy (non-hydrogen) atoms. The van der Waals surface area contributed by atoms with Crippen LogP contribution in [-0.2, 0) is 6.42 Å². The number of halogens is 2. The molecule has 0 fully saturated rings. The van der Waals surface area contributed by atoms with Gasteiger partial charge in [0, 0.05) is 28.0 Å². The Bertz CT molecular complexity index is 733. The first-order valence-corrected chi connectivity index (χ1v) is 7.23. The van der Waals surface area contributed by atoms with Crippen LogP contribution in [0.25, 0.3) is 0 Å². The average molecular weight is 350 g/mol. The second-order valence-corrected chi connectivity index (χ2v) is 5.68. The summed E-state index contributed by atoms with van der Waals surface area (Å²) in [6.07, 6.45) is 0.884. The van der Waals surface area contributed by atoms with E-state index in [1.54, 1.807) is 12.1 Å². The Kier molecular flexibility index (Phi) is 3.55. The first-order chi connectivity index (χ1) is 10.1. The normalized spacial score (nSPS) is 14.4. The highest BCUT2D eigenvalue weighted by Crippen LogP contribution is 2.36. The van der Waals surface area contributed by atoms with Crippen LogP contribution in [0.5, 0.6) is 0 Å². The van der Waals surface area contributed by atoms with Gasteiger partial charge in [-0.25, -0.2) is 4.39 Å². The van der Waals surface area contributed by atoms with Crippen LogP contribution >= 0.6 is 15.9 Å². The Balaban J connectivity index is 2.01. The number of fused-ring (bicyclic) bond motifs is 1. The third-order valence-electron chi connectivity index (χ3n) is 3.59. The summed E-state index contributed by atoms with van der Waals surface area (Å²) in [7, 11) is 0. The molecule has 1 aliphatic rings. The van der Waals surface area contributed by atoms with Crippen molar-refractivity contribution in [3.05, 3.63) is 57.8 Å². The molecule has 0 atom stereocenters. The van der Waals surface area contributed by atoms with Crippen LogP contribution in [0, 0.1) is 5.82 Å². The molecule has 3 N–H and O–H groups in total. The van der Waals surface area contributed by atoms with Crippen molar-refractivity contribution in [1.82, 2.24) is 0 Å². The quantitative estimate of drug-likeness (QED) is 0.378.